The molecule has 6 rings (SSSR count). The Hall–Kier alpha value is -3.72. The zero-order chi connectivity index (χ0) is 23.9. The van der Waals surface area contributed by atoms with E-state index in [4.69, 9.17) is 0 Å². The van der Waals surface area contributed by atoms with Crippen LogP contribution in [0.25, 0.3) is 10.4 Å². The minimum absolute atomic E-state index is 0.0107. The van der Waals surface area contributed by atoms with Crippen LogP contribution in [0.15, 0.2) is 48.5 Å². The van der Waals surface area contributed by atoms with Crippen molar-refractivity contribution < 1.29 is 14.4 Å². The van der Waals surface area contributed by atoms with Crippen LogP contribution in [0.5, 0.6) is 0 Å². The number of pyridine rings is 1. The van der Waals surface area contributed by atoms with Gasteiger partial charge in [-0.3, -0.25) is 14.4 Å². The summed E-state index contributed by atoms with van der Waals surface area (Å²) in [6.45, 7) is 1.93. The summed E-state index contributed by atoms with van der Waals surface area (Å²) < 4.78 is 0. The van der Waals surface area contributed by atoms with E-state index in [2.05, 4.69) is 15.6 Å². The average molecular weight is 488 g/mol. The van der Waals surface area contributed by atoms with E-state index in [9.17, 15) is 14.4 Å². The average Bonchev–Trinajstić information content (AvgIpc) is 3.62. The van der Waals surface area contributed by atoms with Gasteiger partial charge < -0.3 is 20.4 Å². The lowest BCUT2D eigenvalue weighted by molar-refractivity contribution is -0.120. The van der Waals surface area contributed by atoms with Gasteiger partial charge in [0.1, 0.15) is 11.5 Å². The number of nitrogens with one attached hydrogen (secondary N) is 2. The van der Waals surface area contributed by atoms with Crippen LogP contribution in [0.4, 0.5) is 11.5 Å². The van der Waals surface area contributed by atoms with Crippen LogP contribution < -0.4 is 20.4 Å². The number of piperazine rings is 1. The van der Waals surface area contributed by atoms with Crippen molar-refractivity contribution in [2.24, 2.45) is 0 Å². The van der Waals surface area contributed by atoms with Crippen molar-refractivity contribution in [3.63, 3.8) is 0 Å². The molecule has 1 saturated carbocycles. The highest BCUT2D eigenvalue weighted by Gasteiger charge is 2.30. The van der Waals surface area contributed by atoms with Gasteiger partial charge in [-0.2, -0.15) is 0 Å². The molecule has 0 spiro atoms. The molecule has 3 amide bonds. The fraction of sp³-hybridized carbons (Fsp3) is 0.308. The first-order valence-corrected chi connectivity index (χ1v) is 12.7. The first kappa shape index (κ1) is 21.8. The molecule has 2 fully saturated rings. The summed E-state index contributed by atoms with van der Waals surface area (Å²) in [6, 6.07) is 15.5. The van der Waals surface area contributed by atoms with E-state index in [-0.39, 0.29) is 24.3 Å². The number of carbonyl (C=O) groups is 3. The normalized spacial score (nSPS) is 17.2. The number of rotatable bonds is 4. The zero-order valence-corrected chi connectivity index (χ0v) is 19.9. The summed E-state index contributed by atoms with van der Waals surface area (Å²) in [5.41, 5.74) is 3.20. The maximum atomic E-state index is 13.7. The largest absolute Gasteiger partial charge is 0.353 e. The lowest BCUT2D eigenvalue weighted by Crippen LogP contribution is -2.48. The third-order valence-electron chi connectivity index (χ3n) is 6.55. The smallest absolute Gasteiger partial charge is 0.276 e. The summed E-state index contributed by atoms with van der Waals surface area (Å²) >= 11 is 1.49. The first-order valence-electron chi connectivity index (χ1n) is 11.9. The van der Waals surface area contributed by atoms with Crippen molar-refractivity contribution in [1.29, 1.82) is 0 Å². The van der Waals surface area contributed by atoms with E-state index in [1.165, 1.54) is 11.3 Å². The summed E-state index contributed by atoms with van der Waals surface area (Å²) in [5, 5.41) is 5.88. The van der Waals surface area contributed by atoms with Crippen LogP contribution >= 0.6 is 11.3 Å². The van der Waals surface area contributed by atoms with Crippen LogP contribution in [0.1, 0.15) is 38.6 Å². The van der Waals surface area contributed by atoms with E-state index in [1.807, 2.05) is 47.4 Å². The minimum Gasteiger partial charge on any atom is -0.353 e. The Morgan fingerprint density at radius 1 is 1.09 bits per heavy atom. The second-order valence-corrected chi connectivity index (χ2v) is 10.1. The highest BCUT2D eigenvalue weighted by molar-refractivity contribution is 7.17. The van der Waals surface area contributed by atoms with Crippen molar-refractivity contribution >= 4 is 40.6 Å². The second-order valence-electron chi connectivity index (χ2n) is 9.09. The number of carbonyl (C=O) groups excluding carboxylic acids is 3. The number of thiophene rings is 1. The monoisotopic (exact) mass is 487 g/mol. The van der Waals surface area contributed by atoms with E-state index in [0.717, 1.165) is 39.4 Å². The molecule has 0 bridgehead atoms. The van der Waals surface area contributed by atoms with Crippen molar-refractivity contribution in [1.82, 2.24) is 15.6 Å². The Kier molecular flexibility index (Phi) is 5.49. The summed E-state index contributed by atoms with van der Waals surface area (Å²) in [4.78, 5) is 48.2. The molecule has 8 nitrogen and oxygen atoms in total. The fourth-order valence-electron chi connectivity index (χ4n) is 4.59. The predicted octanol–water partition coefficient (Wildman–Crippen LogP) is 2.84. The van der Waals surface area contributed by atoms with Crippen molar-refractivity contribution in [3.05, 3.63) is 64.7 Å². The van der Waals surface area contributed by atoms with Gasteiger partial charge >= 0.3 is 0 Å². The van der Waals surface area contributed by atoms with Crippen LogP contribution in [0.3, 0.4) is 0 Å². The molecular formula is C26H25N5O3S. The summed E-state index contributed by atoms with van der Waals surface area (Å²) in [7, 11) is 0. The van der Waals surface area contributed by atoms with E-state index < -0.39 is 0 Å². The standard InChI is InChI=1S/C26H25N5O3S/c32-23-15-30(13-11-27-23)22-7-3-5-19(29-22)26(34)31-12-10-16-14-21(25(33)28-17-8-9-17)35-24(16)18-4-1-2-6-20(18)31/h1-7,14,17H,8-13,15H2,(H,27,32)(H,28,33). The zero-order valence-electron chi connectivity index (χ0n) is 19.1. The van der Waals surface area contributed by atoms with Crippen LogP contribution in [0.2, 0.25) is 0 Å². The lowest BCUT2D eigenvalue weighted by Gasteiger charge is -2.28. The number of benzene rings is 1. The molecule has 3 aliphatic rings. The number of nitrogens with zero attached hydrogens (tertiary/aromatic N) is 3. The third kappa shape index (κ3) is 4.27. The number of hydrogen-bond donors (Lipinski definition) is 2. The molecule has 0 atom stereocenters. The maximum Gasteiger partial charge on any atom is 0.276 e. The van der Waals surface area contributed by atoms with E-state index in [1.54, 1.807) is 11.0 Å². The molecule has 2 N–H and O–H groups in total. The predicted molar refractivity (Wildman–Crippen MR) is 135 cm³/mol. The van der Waals surface area contributed by atoms with Crippen molar-refractivity contribution in [3.8, 4) is 10.4 Å². The molecule has 3 aromatic rings. The molecule has 35 heavy (non-hydrogen) atoms. The van der Waals surface area contributed by atoms with Gasteiger partial charge in [-0.15, -0.1) is 11.3 Å². The van der Waals surface area contributed by atoms with Gasteiger partial charge in [-0.05, 0) is 49.1 Å². The fourth-order valence-corrected chi connectivity index (χ4v) is 5.74. The molecule has 9 heteroatoms. The number of hydrogen-bond acceptors (Lipinski definition) is 6. The third-order valence-corrected chi connectivity index (χ3v) is 7.76. The Bertz CT molecular complexity index is 1330. The molecule has 2 aromatic heterocycles. The SMILES string of the molecule is O=C1CN(c2cccc(C(=O)N3CCc4cc(C(=O)NC5CC5)sc4-c4ccccc43)n2)CCN1. The van der Waals surface area contributed by atoms with Gasteiger partial charge in [0.15, 0.2) is 0 Å². The Morgan fingerprint density at radius 3 is 2.77 bits per heavy atom. The number of aromatic nitrogens is 1. The molecular weight excluding hydrogens is 462 g/mol. The van der Waals surface area contributed by atoms with Crippen LogP contribution in [-0.4, -0.2) is 54.9 Å². The lowest BCUT2D eigenvalue weighted by atomic mass is 10.1. The van der Waals surface area contributed by atoms with Crippen LogP contribution in [-0.2, 0) is 11.2 Å². The van der Waals surface area contributed by atoms with Gasteiger partial charge in [-0.25, -0.2) is 4.98 Å². The van der Waals surface area contributed by atoms with Gasteiger partial charge in [0, 0.05) is 36.1 Å². The van der Waals surface area contributed by atoms with E-state index in [0.29, 0.717) is 43.6 Å². The minimum atomic E-state index is -0.178. The number of anilines is 2. The molecule has 2 aliphatic heterocycles. The molecule has 1 aromatic carbocycles. The van der Waals surface area contributed by atoms with Gasteiger partial charge in [0.05, 0.1) is 17.1 Å². The molecule has 0 unspecified atom stereocenters. The first-order chi connectivity index (χ1) is 17.1. The van der Waals surface area contributed by atoms with Crippen LogP contribution in [0, 0.1) is 0 Å². The Morgan fingerprint density at radius 2 is 1.94 bits per heavy atom. The second kappa shape index (κ2) is 8.81. The van der Waals surface area contributed by atoms with Gasteiger partial charge in [0.25, 0.3) is 11.8 Å². The van der Waals surface area contributed by atoms with Gasteiger partial charge in [0.2, 0.25) is 5.91 Å². The quantitative estimate of drug-likeness (QED) is 0.590. The number of para-hydroxylation sites is 1. The molecule has 0 radical (unpaired) electrons. The van der Waals surface area contributed by atoms with E-state index >= 15 is 0 Å². The molecule has 1 aliphatic carbocycles. The molecule has 178 valence electrons. The topological polar surface area (TPSA) is 94.6 Å². The Balaban J connectivity index is 1.30. The number of fused-ring (bicyclic) bond motifs is 3. The maximum absolute atomic E-state index is 13.7. The van der Waals surface area contributed by atoms with Crippen molar-refractivity contribution in [2.45, 2.75) is 25.3 Å². The van der Waals surface area contributed by atoms with Gasteiger partial charge in [-0.1, -0.05) is 24.3 Å². The Labute approximate surface area is 207 Å². The highest BCUT2D eigenvalue weighted by Crippen LogP contribution is 2.42. The summed E-state index contributed by atoms with van der Waals surface area (Å²) in [5.74, 6) is 0.387. The number of amides is 3. The highest BCUT2D eigenvalue weighted by atomic mass is 32.1. The summed E-state index contributed by atoms with van der Waals surface area (Å²) in [6.07, 6.45) is 2.75. The molecule has 1 saturated heterocycles. The van der Waals surface area contributed by atoms with Crippen molar-refractivity contribution in [2.75, 3.05) is 36.0 Å². The molecule has 4 heterocycles.